The zero-order chi connectivity index (χ0) is 12.1. The van der Waals surface area contributed by atoms with Crippen molar-refractivity contribution < 1.29 is 20.8 Å². The molecule has 0 aromatic rings. The number of nitrogens with one attached hydrogen (secondary N) is 1. The Bertz CT molecular complexity index is 242. The summed E-state index contributed by atoms with van der Waals surface area (Å²) in [6, 6.07) is -0.945. The maximum atomic E-state index is 11.2. The standard InChI is InChI=1S/C9H17NO4/c1-5-6(7(11)12)10-8(13)14-9(2,3)4/h6H,5H2,1-4H3,(H,10,13)(H,11,12)/i2D. The molecule has 0 saturated heterocycles. The van der Waals surface area contributed by atoms with Crippen LogP contribution in [0.5, 0.6) is 0 Å². The highest BCUT2D eigenvalue weighted by Crippen LogP contribution is 2.07. The van der Waals surface area contributed by atoms with Crippen LogP contribution in [0.25, 0.3) is 0 Å². The minimum Gasteiger partial charge on any atom is -0.480 e. The highest BCUT2D eigenvalue weighted by molar-refractivity contribution is 5.79. The zero-order valence-electron chi connectivity index (χ0n) is 9.66. The van der Waals surface area contributed by atoms with Crippen molar-refractivity contribution in [3.05, 3.63) is 0 Å². The molecule has 1 amide bonds. The van der Waals surface area contributed by atoms with Gasteiger partial charge in [-0.05, 0) is 27.2 Å². The van der Waals surface area contributed by atoms with Crippen molar-refractivity contribution in [1.82, 2.24) is 5.32 Å². The third-order valence-electron chi connectivity index (χ3n) is 1.37. The number of hydrogen-bond acceptors (Lipinski definition) is 3. The van der Waals surface area contributed by atoms with Crippen molar-refractivity contribution in [2.75, 3.05) is 0 Å². The molecule has 2 N–H and O–H groups in total. The molecule has 0 aliphatic carbocycles. The molecule has 0 aliphatic rings. The number of carboxylic acid groups (broad SMARTS) is 1. The molecule has 0 aromatic carbocycles. The van der Waals surface area contributed by atoms with E-state index in [2.05, 4.69) is 5.32 Å². The number of alkyl carbamates (subject to hydrolysis) is 1. The van der Waals surface area contributed by atoms with E-state index in [1.807, 2.05) is 0 Å². The molecule has 0 bridgehead atoms. The Morgan fingerprint density at radius 2 is 2.21 bits per heavy atom. The van der Waals surface area contributed by atoms with Gasteiger partial charge in [0.15, 0.2) is 0 Å². The zero-order valence-corrected chi connectivity index (χ0v) is 8.66. The van der Waals surface area contributed by atoms with Crippen molar-refractivity contribution in [3.8, 4) is 0 Å². The van der Waals surface area contributed by atoms with Crippen LogP contribution in [0.1, 0.15) is 35.5 Å². The molecule has 1 atom stereocenters. The number of carboxylic acids is 1. The van der Waals surface area contributed by atoms with Crippen LogP contribution in [0.4, 0.5) is 4.79 Å². The predicted molar refractivity (Wildman–Crippen MR) is 51.1 cm³/mol. The van der Waals surface area contributed by atoms with Crippen molar-refractivity contribution in [1.29, 1.82) is 0 Å². The second kappa shape index (κ2) is 4.83. The van der Waals surface area contributed by atoms with Gasteiger partial charge in [0.1, 0.15) is 11.6 Å². The van der Waals surface area contributed by atoms with Crippen LogP contribution in [0.2, 0.25) is 0 Å². The van der Waals surface area contributed by atoms with Gasteiger partial charge in [-0.3, -0.25) is 0 Å². The van der Waals surface area contributed by atoms with E-state index in [0.717, 1.165) is 0 Å². The fraction of sp³-hybridized carbons (Fsp3) is 0.778. The van der Waals surface area contributed by atoms with Gasteiger partial charge >= 0.3 is 12.1 Å². The summed E-state index contributed by atoms with van der Waals surface area (Å²) in [4.78, 5) is 21.8. The van der Waals surface area contributed by atoms with E-state index in [1.165, 1.54) is 0 Å². The van der Waals surface area contributed by atoms with E-state index < -0.39 is 23.7 Å². The lowest BCUT2D eigenvalue weighted by Crippen LogP contribution is -2.43. The second-order valence-electron chi connectivity index (χ2n) is 3.59. The van der Waals surface area contributed by atoms with Crippen molar-refractivity contribution in [2.24, 2.45) is 0 Å². The lowest BCUT2D eigenvalue weighted by molar-refractivity contribution is -0.139. The van der Waals surface area contributed by atoms with Gasteiger partial charge in [-0.1, -0.05) is 6.92 Å². The van der Waals surface area contributed by atoms with Crippen LogP contribution in [0.3, 0.4) is 0 Å². The molecule has 5 heteroatoms. The molecule has 82 valence electrons. The van der Waals surface area contributed by atoms with Gasteiger partial charge in [-0.2, -0.15) is 0 Å². The summed E-state index contributed by atoms with van der Waals surface area (Å²) in [6.07, 6.45) is -0.521. The second-order valence-corrected chi connectivity index (χ2v) is 3.59. The summed E-state index contributed by atoms with van der Waals surface area (Å²) in [6.45, 7) is 4.74. The van der Waals surface area contributed by atoms with Gasteiger partial charge in [-0.15, -0.1) is 0 Å². The number of carbonyl (C=O) groups is 2. The molecule has 1 unspecified atom stereocenters. The Labute approximate surface area is 84.8 Å². The molecule has 0 fully saturated rings. The van der Waals surface area contributed by atoms with E-state index in [1.54, 1.807) is 20.8 Å². The molecule has 0 heterocycles. The molecular weight excluding hydrogens is 186 g/mol. The first-order valence-electron chi connectivity index (χ1n) is 5.04. The molecule has 0 aliphatic heterocycles. The minimum atomic E-state index is -1.10. The van der Waals surface area contributed by atoms with E-state index in [0.29, 0.717) is 0 Å². The molecule has 0 spiro atoms. The van der Waals surface area contributed by atoms with Crippen LogP contribution in [0.15, 0.2) is 0 Å². The third kappa shape index (κ3) is 5.40. The van der Waals surface area contributed by atoms with Crippen LogP contribution >= 0.6 is 0 Å². The van der Waals surface area contributed by atoms with E-state index in [-0.39, 0.29) is 13.3 Å². The number of aliphatic carboxylic acids is 1. The maximum absolute atomic E-state index is 11.2. The summed E-state index contributed by atoms with van der Waals surface area (Å²) < 4.78 is 12.0. The van der Waals surface area contributed by atoms with Gasteiger partial charge < -0.3 is 15.2 Å². The summed E-state index contributed by atoms with van der Waals surface area (Å²) in [5, 5.41) is 10.9. The smallest absolute Gasteiger partial charge is 0.408 e. The fourth-order valence-corrected chi connectivity index (χ4v) is 0.761. The topological polar surface area (TPSA) is 75.6 Å². The highest BCUT2D eigenvalue weighted by atomic mass is 16.6. The Morgan fingerprint density at radius 3 is 2.57 bits per heavy atom. The quantitative estimate of drug-likeness (QED) is 0.728. The third-order valence-corrected chi connectivity index (χ3v) is 1.37. The molecule has 5 nitrogen and oxygen atoms in total. The molecule has 0 rings (SSSR count). The van der Waals surface area contributed by atoms with Gasteiger partial charge in [0.05, 0.1) is 0 Å². The lowest BCUT2D eigenvalue weighted by atomic mass is 10.2. The maximum Gasteiger partial charge on any atom is 0.408 e. The summed E-state index contributed by atoms with van der Waals surface area (Å²) >= 11 is 0. The molecule has 0 radical (unpaired) electrons. The van der Waals surface area contributed by atoms with Crippen molar-refractivity contribution >= 4 is 12.1 Å². The van der Waals surface area contributed by atoms with Gasteiger partial charge in [-0.25, -0.2) is 9.59 Å². The SMILES string of the molecule is [2H]CC(C)(C)OC(=O)NC(CC)C(=O)O. The van der Waals surface area contributed by atoms with E-state index in [9.17, 15) is 9.59 Å². The molecule has 0 aromatic heterocycles. The predicted octanol–water partition coefficient (Wildman–Crippen LogP) is 1.37. The Balaban J connectivity index is 4.19. The number of ether oxygens (including phenoxy) is 1. The minimum absolute atomic E-state index is 0.0791. The van der Waals surface area contributed by atoms with E-state index in [4.69, 9.17) is 11.2 Å². The fourth-order valence-electron chi connectivity index (χ4n) is 0.761. The average molecular weight is 204 g/mol. The van der Waals surface area contributed by atoms with Crippen LogP contribution in [0, 0.1) is 0 Å². The van der Waals surface area contributed by atoms with E-state index >= 15 is 0 Å². The summed E-state index contributed by atoms with van der Waals surface area (Å²) in [7, 11) is 0. The highest BCUT2D eigenvalue weighted by Gasteiger charge is 2.22. The van der Waals surface area contributed by atoms with Crippen molar-refractivity contribution in [2.45, 2.75) is 45.7 Å². The van der Waals surface area contributed by atoms with Crippen molar-refractivity contribution in [3.63, 3.8) is 0 Å². The Hall–Kier alpha value is -1.26. The lowest BCUT2D eigenvalue weighted by Gasteiger charge is -2.21. The number of amides is 1. The first-order valence-corrected chi connectivity index (χ1v) is 4.34. The van der Waals surface area contributed by atoms with Gasteiger partial charge in [0, 0.05) is 1.37 Å². The monoisotopic (exact) mass is 204 g/mol. The first kappa shape index (κ1) is 10.8. The van der Waals surface area contributed by atoms with Crippen LogP contribution in [-0.4, -0.2) is 28.8 Å². The average Bonchev–Trinajstić information content (AvgIpc) is 2.13. The number of carbonyl (C=O) groups excluding carboxylic acids is 1. The molecule has 0 saturated carbocycles. The normalized spacial score (nSPS) is 14.1. The largest absolute Gasteiger partial charge is 0.480 e. The summed E-state index contributed by atoms with van der Waals surface area (Å²) in [5.41, 5.74) is -0.902. The Kier molecular flexibility index (Phi) is 3.73. The number of hydrogen-bond donors (Lipinski definition) is 2. The van der Waals surface area contributed by atoms with Gasteiger partial charge in [0.2, 0.25) is 0 Å². The van der Waals surface area contributed by atoms with Gasteiger partial charge in [0.25, 0.3) is 0 Å². The Morgan fingerprint density at radius 1 is 1.64 bits per heavy atom. The van der Waals surface area contributed by atoms with Crippen LogP contribution < -0.4 is 5.32 Å². The summed E-state index contributed by atoms with van der Waals surface area (Å²) in [5.74, 6) is -1.10. The molecule has 14 heavy (non-hydrogen) atoms. The van der Waals surface area contributed by atoms with Crippen LogP contribution in [-0.2, 0) is 9.53 Å². The molecular formula is C9H17NO4. The first-order chi connectivity index (χ1) is 6.82. The number of rotatable bonds is 3.